The van der Waals surface area contributed by atoms with Crippen LogP contribution in [0.2, 0.25) is 5.02 Å². The molecule has 1 amide bonds. The van der Waals surface area contributed by atoms with Crippen LogP contribution in [-0.4, -0.2) is 30.1 Å². The van der Waals surface area contributed by atoms with Crippen molar-refractivity contribution >= 4 is 40.6 Å². The van der Waals surface area contributed by atoms with E-state index in [2.05, 4.69) is 5.32 Å². The number of halogens is 1. The number of carbonyl (C=O) groups is 1. The van der Waals surface area contributed by atoms with Crippen molar-refractivity contribution in [3.8, 4) is 0 Å². The first kappa shape index (κ1) is 15.5. The molecule has 0 aliphatic carbocycles. The van der Waals surface area contributed by atoms with E-state index in [9.17, 15) is 4.79 Å². The van der Waals surface area contributed by atoms with E-state index in [1.165, 1.54) is 0 Å². The molecule has 1 aromatic rings. The number of nitrogens with one attached hydrogen (secondary N) is 1. The quantitative estimate of drug-likeness (QED) is 0.819. The molecular formula is C14H19ClN2O2S. The van der Waals surface area contributed by atoms with Gasteiger partial charge in [0, 0.05) is 36.3 Å². The van der Waals surface area contributed by atoms with Crippen molar-refractivity contribution in [2.75, 3.05) is 30.0 Å². The van der Waals surface area contributed by atoms with Gasteiger partial charge in [0.15, 0.2) is 0 Å². The molecule has 1 aliphatic heterocycles. The average Bonchev–Trinajstić information content (AvgIpc) is 2.43. The zero-order valence-corrected chi connectivity index (χ0v) is 12.8. The van der Waals surface area contributed by atoms with E-state index in [0.29, 0.717) is 28.1 Å². The SMILES string of the molecule is Nc1ccc(NC(=O)CCSC2CCOCC2)c(Cl)c1. The summed E-state index contributed by atoms with van der Waals surface area (Å²) in [7, 11) is 0. The van der Waals surface area contributed by atoms with Gasteiger partial charge in [0.2, 0.25) is 5.91 Å². The van der Waals surface area contributed by atoms with Gasteiger partial charge in [-0.2, -0.15) is 11.8 Å². The van der Waals surface area contributed by atoms with Crippen LogP contribution in [0.15, 0.2) is 18.2 Å². The zero-order valence-electron chi connectivity index (χ0n) is 11.2. The van der Waals surface area contributed by atoms with E-state index >= 15 is 0 Å². The second-order valence-electron chi connectivity index (χ2n) is 4.72. The molecule has 4 nitrogen and oxygen atoms in total. The Morgan fingerprint density at radius 1 is 1.45 bits per heavy atom. The fraction of sp³-hybridized carbons (Fsp3) is 0.500. The van der Waals surface area contributed by atoms with Gasteiger partial charge in [-0.3, -0.25) is 4.79 Å². The van der Waals surface area contributed by atoms with E-state index in [-0.39, 0.29) is 5.91 Å². The van der Waals surface area contributed by atoms with Gasteiger partial charge in [0.05, 0.1) is 10.7 Å². The number of anilines is 2. The Balaban J connectivity index is 1.72. The minimum absolute atomic E-state index is 0.0174. The van der Waals surface area contributed by atoms with Gasteiger partial charge >= 0.3 is 0 Å². The van der Waals surface area contributed by atoms with E-state index in [0.717, 1.165) is 31.8 Å². The summed E-state index contributed by atoms with van der Waals surface area (Å²) >= 11 is 7.86. The third-order valence-corrected chi connectivity index (χ3v) is 4.81. The second-order valence-corrected chi connectivity index (χ2v) is 6.54. The van der Waals surface area contributed by atoms with Crippen LogP contribution in [0.5, 0.6) is 0 Å². The van der Waals surface area contributed by atoms with Crippen molar-refractivity contribution in [3.63, 3.8) is 0 Å². The Hall–Kier alpha value is -0.910. The Bertz CT molecular complexity index is 464. The molecule has 1 aliphatic rings. The van der Waals surface area contributed by atoms with Crippen LogP contribution in [0.4, 0.5) is 11.4 Å². The monoisotopic (exact) mass is 314 g/mol. The molecule has 0 bridgehead atoms. The van der Waals surface area contributed by atoms with Gasteiger partial charge < -0.3 is 15.8 Å². The van der Waals surface area contributed by atoms with E-state index < -0.39 is 0 Å². The first-order chi connectivity index (χ1) is 9.65. The predicted octanol–water partition coefficient (Wildman–Crippen LogP) is 3.16. The number of nitrogen functional groups attached to an aromatic ring is 1. The Morgan fingerprint density at radius 3 is 2.90 bits per heavy atom. The molecular weight excluding hydrogens is 296 g/mol. The molecule has 6 heteroatoms. The van der Waals surface area contributed by atoms with E-state index in [1.54, 1.807) is 18.2 Å². The second kappa shape index (κ2) is 7.76. The van der Waals surface area contributed by atoms with Gasteiger partial charge in [-0.15, -0.1) is 0 Å². The van der Waals surface area contributed by atoms with Crippen molar-refractivity contribution in [2.24, 2.45) is 0 Å². The Labute approximate surface area is 128 Å². The van der Waals surface area contributed by atoms with Crippen LogP contribution >= 0.6 is 23.4 Å². The highest BCUT2D eigenvalue weighted by Crippen LogP contribution is 2.25. The summed E-state index contributed by atoms with van der Waals surface area (Å²) in [6, 6.07) is 5.08. The number of benzene rings is 1. The third-order valence-electron chi connectivity index (χ3n) is 3.12. The molecule has 1 fully saturated rings. The summed E-state index contributed by atoms with van der Waals surface area (Å²) in [5.41, 5.74) is 6.81. The minimum atomic E-state index is -0.0174. The van der Waals surface area contributed by atoms with Crippen molar-refractivity contribution in [1.82, 2.24) is 0 Å². The molecule has 0 aromatic heterocycles. The molecule has 0 unspecified atom stereocenters. The molecule has 1 aromatic carbocycles. The van der Waals surface area contributed by atoms with Crippen molar-refractivity contribution in [1.29, 1.82) is 0 Å². The van der Waals surface area contributed by atoms with Crippen LogP contribution in [0, 0.1) is 0 Å². The highest BCUT2D eigenvalue weighted by atomic mass is 35.5. The Morgan fingerprint density at radius 2 is 2.20 bits per heavy atom. The number of carbonyl (C=O) groups excluding carboxylic acids is 1. The van der Waals surface area contributed by atoms with Crippen molar-refractivity contribution < 1.29 is 9.53 Å². The molecule has 1 saturated heterocycles. The van der Waals surface area contributed by atoms with Crippen LogP contribution < -0.4 is 11.1 Å². The molecule has 110 valence electrons. The number of amides is 1. The summed E-state index contributed by atoms with van der Waals surface area (Å²) < 4.78 is 5.31. The van der Waals surface area contributed by atoms with Crippen LogP contribution in [0.1, 0.15) is 19.3 Å². The van der Waals surface area contributed by atoms with Crippen LogP contribution in [-0.2, 0) is 9.53 Å². The number of ether oxygens (including phenoxy) is 1. The van der Waals surface area contributed by atoms with Gasteiger partial charge in [-0.25, -0.2) is 0 Å². The van der Waals surface area contributed by atoms with E-state index in [1.807, 2.05) is 11.8 Å². The topological polar surface area (TPSA) is 64.3 Å². The fourth-order valence-electron chi connectivity index (χ4n) is 2.01. The van der Waals surface area contributed by atoms with E-state index in [4.69, 9.17) is 22.1 Å². The largest absolute Gasteiger partial charge is 0.399 e. The van der Waals surface area contributed by atoms with Gasteiger partial charge in [0.1, 0.15) is 0 Å². The normalized spacial score (nSPS) is 16.1. The molecule has 0 atom stereocenters. The third kappa shape index (κ3) is 4.89. The summed E-state index contributed by atoms with van der Waals surface area (Å²) in [5.74, 6) is 0.805. The first-order valence-electron chi connectivity index (χ1n) is 6.69. The number of rotatable bonds is 5. The number of thioether (sulfide) groups is 1. The standard InChI is InChI=1S/C14H19ClN2O2S/c15-12-9-10(16)1-2-13(12)17-14(18)5-8-20-11-3-6-19-7-4-11/h1-2,9,11H,3-8,16H2,(H,17,18). The highest BCUT2D eigenvalue weighted by Gasteiger charge is 2.14. The number of hydrogen-bond donors (Lipinski definition) is 2. The lowest BCUT2D eigenvalue weighted by molar-refractivity contribution is -0.115. The average molecular weight is 315 g/mol. The number of nitrogens with two attached hydrogens (primary N) is 1. The minimum Gasteiger partial charge on any atom is -0.399 e. The Kier molecular flexibility index (Phi) is 6.01. The maximum absolute atomic E-state index is 11.9. The van der Waals surface area contributed by atoms with Gasteiger partial charge in [0.25, 0.3) is 0 Å². The highest BCUT2D eigenvalue weighted by molar-refractivity contribution is 7.99. The summed E-state index contributed by atoms with van der Waals surface area (Å²) in [6.07, 6.45) is 2.65. The molecule has 1 heterocycles. The molecule has 2 rings (SSSR count). The number of hydrogen-bond acceptors (Lipinski definition) is 4. The maximum Gasteiger partial charge on any atom is 0.225 e. The molecule has 0 spiro atoms. The van der Waals surface area contributed by atoms with Gasteiger partial charge in [-0.1, -0.05) is 11.6 Å². The van der Waals surface area contributed by atoms with Gasteiger partial charge in [-0.05, 0) is 31.0 Å². The summed E-state index contributed by atoms with van der Waals surface area (Å²) in [6.45, 7) is 1.68. The first-order valence-corrected chi connectivity index (χ1v) is 8.12. The van der Waals surface area contributed by atoms with Crippen LogP contribution in [0.25, 0.3) is 0 Å². The molecule has 0 saturated carbocycles. The van der Waals surface area contributed by atoms with Crippen molar-refractivity contribution in [2.45, 2.75) is 24.5 Å². The fourth-order valence-corrected chi connectivity index (χ4v) is 3.40. The predicted molar refractivity (Wildman–Crippen MR) is 85.4 cm³/mol. The maximum atomic E-state index is 11.9. The molecule has 3 N–H and O–H groups in total. The lowest BCUT2D eigenvalue weighted by Crippen LogP contribution is -2.19. The summed E-state index contributed by atoms with van der Waals surface area (Å²) in [5, 5.41) is 3.90. The summed E-state index contributed by atoms with van der Waals surface area (Å²) in [4.78, 5) is 11.9. The smallest absolute Gasteiger partial charge is 0.225 e. The zero-order chi connectivity index (χ0) is 14.4. The lowest BCUT2D eigenvalue weighted by Gasteiger charge is -2.21. The lowest BCUT2D eigenvalue weighted by atomic mass is 10.2. The van der Waals surface area contributed by atoms with Crippen molar-refractivity contribution in [3.05, 3.63) is 23.2 Å². The van der Waals surface area contributed by atoms with Crippen LogP contribution in [0.3, 0.4) is 0 Å². The molecule has 0 radical (unpaired) electrons. The molecule has 20 heavy (non-hydrogen) atoms.